The van der Waals surface area contributed by atoms with E-state index in [2.05, 4.69) is 46.0 Å². The number of hydrogen-bond acceptors (Lipinski definition) is 6. The lowest BCUT2D eigenvalue weighted by atomic mass is 10.0. The molecule has 0 unspecified atom stereocenters. The van der Waals surface area contributed by atoms with Gasteiger partial charge in [-0.2, -0.15) is 0 Å². The number of thiophene rings is 1. The number of hydrogen-bond donors (Lipinski definition) is 1. The van der Waals surface area contributed by atoms with Gasteiger partial charge in [-0.1, -0.05) is 72.8 Å². The molecule has 1 aliphatic heterocycles. The van der Waals surface area contributed by atoms with Gasteiger partial charge in [-0.25, -0.2) is 21.6 Å². The van der Waals surface area contributed by atoms with Crippen LogP contribution in [0.15, 0.2) is 110 Å². The largest absolute Gasteiger partial charge is 0.297 e. The van der Waals surface area contributed by atoms with Crippen molar-refractivity contribution in [2.24, 2.45) is 0 Å². The topological polar surface area (TPSA) is 83.6 Å². The second kappa shape index (κ2) is 10.3. The molecular formula is C27H26N2O4S3. The zero-order valence-corrected chi connectivity index (χ0v) is 21.9. The van der Waals surface area contributed by atoms with Crippen LogP contribution in [-0.4, -0.2) is 40.9 Å². The fraction of sp³-hybridized carbons (Fsp3) is 0.185. The lowest BCUT2D eigenvalue weighted by Crippen LogP contribution is -2.36. The van der Waals surface area contributed by atoms with Gasteiger partial charge in [-0.3, -0.25) is 4.90 Å². The standard InChI is InChI=1S/C27H26N2O4S3/c30-35(31,25-9-5-2-6-10-25)26-17-27(34-20-26)36(32,33)28-24-15-16-29(19-24)18-21-11-13-23(14-12-21)22-7-3-1-4-8-22/h1-14,17,20,24,28H,15-16,18-19H2/t24-/m1/s1. The molecule has 9 heteroatoms. The second-order valence-electron chi connectivity index (χ2n) is 8.82. The van der Waals surface area contributed by atoms with E-state index < -0.39 is 19.9 Å². The van der Waals surface area contributed by atoms with Gasteiger partial charge in [0.1, 0.15) is 4.21 Å². The molecule has 5 rings (SSSR count). The fourth-order valence-corrected chi connectivity index (χ4v) is 8.54. The first-order valence-electron chi connectivity index (χ1n) is 11.6. The number of sulfone groups is 1. The molecule has 3 aromatic carbocycles. The van der Waals surface area contributed by atoms with Gasteiger partial charge in [0.15, 0.2) is 0 Å². The summed E-state index contributed by atoms with van der Waals surface area (Å²) in [5, 5.41) is 1.39. The zero-order valence-electron chi connectivity index (χ0n) is 19.4. The van der Waals surface area contributed by atoms with Crippen LogP contribution in [0.25, 0.3) is 11.1 Å². The molecular weight excluding hydrogens is 513 g/mol. The van der Waals surface area contributed by atoms with Gasteiger partial charge in [-0.05, 0) is 41.3 Å². The van der Waals surface area contributed by atoms with Crippen molar-refractivity contribution in [2.45, 2.75) is 33.0 Å². The Morgan fingerprint density at radius 2 is 1.44 bits per heavy atom. The van der Waals surface area contributed by atoms with Crippen LogP contribution in [0.2, 0.25) is 0 Å². The summed E-state index contributed by atoms with van der Waals surface area (Å²) >= 11 is 0.921. The minimum atomic E-state index is -3.82. The highest BCUT2D eigenvalue weighted by Crippen LogP contribution is 2.29. The maximum absolute atomic E-state index is 13.0. The number of nitrogens with one attached hydrogen (secondary N) is 1. The third kappa shape index (κ3) is 5.45. The van der Waals surface area contributed by atoms with Gasteiger partial charge < -0.3 is 0 Å². The monoisotopic (exact) mass is 538 g/mol. The van der Waals surface area contributed by atoms with E-state index >= 15 is 0 Å². The third-order valence-electron chi connectivity index (χ3n) is 6.24. The molecule has 4 aromatic rings. The molecule has 0 saturated carbocycles. The Hall–Kier alpha value is -2.82. The lowest BCUT2D eigenvalue weighted by Gasteiger charge is -2.17. The maximum atomic E-state index is 13.0. The van der Waals surface area contributed by atoms with E-state index in [0.717, 1.165) is 30.0 Å². The van der Waals surface area contributed by atoms with Crippen molar-refractivity contribution in [1.29, 1.82) is 0 Å². The highest BCUT2D eigenvalue weighted by atomic mass is 32.2. The van der Waals surface area contributed by atoms with Crippen molar-refractivity contribution in [3.8, 4) is 11.1 Å². The molecule has 0 amide bonds. The number of likely N-dealkylation sites (tertiary alicyclic amines) is 1. The molecule has 1 atom stereocenters. The van der Waals surface area contributed by atoms with E-state index in [9.17, 15) is 16.8 Å². The van der Waals surface area contributed by atoms with Crippen LogP contribution in [0.1, 0.15) is 12.0 Å². The Bertz CT molecular complexity index is 1530. The molecule has 1 aliphatic rings. The first-order chi connectivity index (χ1) is 17.3. The molecule has 2 heterocycles. The van der Waals surface area contributed by atoms with Gasteiger partial charge in [0.05, 0.1) is 9.79 Å². The highest BCUT2D eigenvalue weighted by molar-refractivity contribution is 7.93. The quantitative estimate of drug-likeness (QED) is 0.348. The van der Waals surface area contributed by atoms with Crippen LogP contribution in [-0.2, 0) is 26.4 Å². The number of benzene rings is 3. The average molecular weight is 539 g/mol. The van der Waals surface area contributed by atoms with Crippen LogP contribution in [0.4, 0.5) is 0 Å². The van der Waals surface area contributed by atoms with Crippen molar-refractivity contribution in [3.63, 3.8) is 0 Å². The molecule has 0 bridgehead atoms. The van der Waals surface area contributed by atoms with E-state index in [4.69, 9.17) is 0 Å². The predicted molar refractivity (Wildman–Crippen MR) is 142 cm³/mol. The molecule has 0 aliphatic carbocycles. The summed E-state index contributed by atoms with van der Waals surface area (Å²) in [6, 6.07) is 27.7. The van der Waals surface area contributed by atoms with Gasteiger partial charge >= 0.3 is 0 Å². The van der Waals surface area contributed by atoms with Gasteiger partial charge in [0, 0.05) is 31.1 Å². The predicted octanol–water partition coefficient (Wildman–Crippen LogP) is 4.80. The Morgan fingerprint density at radius 3 is 2.14 bits per heavy atom. The first-order valence-corrected chi connectivity index (χ1v) is 15.4. The van der Waals surface area contributed by atoms with Crippen LogP contribution in [0, 0.1) is 0 Å². The first kappa shape index (κ1) is 24.9. The summed E-state index contributed by atoms with van der Waals surface area (Å²) < 4.78 is 54.4. The summed E-state index contributed by atoms with van der Waals surface area (Å²) in [6.45, 7) is 2.12. The molecule has 1 saturated heterocycles. The summed E-state index contributed by atoms with van der Waals surface area (Å²) in [5.74, 6) is 0. The molecule has 1 N–H and O–H groups in total. The number of nitrogens with zero attached hydrogens (tertiary/aromatic N) is 1. The van der Waals surface area contributed by atoms with Gasteiger partial charge in [0.25, 0.3) is 0 Å². The number of rotatable bonds is 8. The van der Waals surface area contributed by atoms with Crippen molar-refractivity contribution >= 4 is 31.2 Å². The van der Waals surface area contributed by atoms with E-state index in [-0.39, 0.29) is 20.0 Å². The Morgan fingerprint density at radius 1 is 0.806 bits per heavy atom. The molecule has 0 radical (unpaired) electrons. The van der Waals surface area contributed by atoms with Gasteiger partial charge in [-0.15, -0.1) is 11.3 Å². The average Bonchev–Trinajstić information content (AvgIpc) is 3.56. The Kier molecular flexibility index (Phi) is 7.09. The van der Waals surface area contributed by atoms with Crippen LogP contribution in [0.5, 0.6) is 0 Å². The second-order valence-corrected chi connectivity index (χ2v) is 13.6. The summed E-state index contributed by atoms with van der Waals surface area (Å²) in [6.07, 6.45) is 0.696. The minimum Gasteiger partial charge on any atom is -0.297 e. The van der Waals surface area contributed by atoms with E-state index in [1.165, 1.54) is 34.7 Å². The normalized spacial score (nSPS) is 16.8. The molecule has 6 nitrogen and oxygen atoms in total. The smallest absolute Gasteiger partial charge is 0.250 e. The van der Waals surface area contributed by atoms with Crippen molar-refractivity contribution in [3.05, 3.63) is 102 Å². The Labute approximate surface area is 216 Å². The fourth-order valence-electron chi connectivity index (χ4n) is 4.36. The van der Waals surface area contributed by atoms with Gasteiger partial charge in [0.2, 0.25) is 19.9 Å². The molecule has 1 aromatic heterocycles. The summed E-state index contributed by atoms with van der Waals surface area (Å²) in [5.41, 5.74) is 3.51. The molecule has 0 spiro atoms. The molecule has 186 valence electrons. The number of sulfonamides is 1. The van der Waals surface area contributed by atoms with Crippen molar-refractivity contribution in [1.82, 2.24) is 9.62 Å². The van der Waals surface area contributed by atoms with Crippen LogP contribution in [0.3, 0.4) is 0 Å². The lowest BCUT2D eigenvalue weighted by molar-refractivity contribution is 0.324. The van der Waals surface area contributed by atoms with E-state index in [1.54, 1.807) is 18.2 Å². The van der Waals surface area contributed by atoms with Crippen LogP contribution >= 0.6 is 11.3 Å². The molecule has 1 fully saturated rings. The molecule has 36 heavy (non-hydrogen) atoms. The summed E-state index contributed by atoms with van der Waals surface area (Å²) in [7, 11) is -7.58. The minimum absolute atomic E-state index is 0.00644. The van der Waals surface area contributed by atoms with Crippen LogP contribution < -0.4 is 4.72 Å². The Balaban J connectivity index is 1.21. The van der Waals surface area contributed by atoms with Crippen molar-refractivity contribution < 1.29 is 16.8 Å². The SMILES string of the molecule is O=S(=O)(N[C@@H]1CCN(Cc2ccc(-c3ccccc3)cc2)C1)c1cc(S(=O)(=O)c2ccccc2)cs1. The van der Waals surface area contributed by atoms with E-state index in [1.807, 2.05) is 18.2 Å². The zero-order chi connectivity index (χ0) is 25.2. The van der Waals surface area contributed by atoms with E-state index in [0.29, 0.717) is 13.0 Å². The highest BCUT2D eigenvalue weighted by Gasteiger charge is 2.29. The van der Waals surface area contributed by atoms with Crippen molar-refractivity contribution in [2.75, 3.05) is 13.1 Å². The maximum Gasteiger partial charge on any atom is 0.250 e. The summed E-state index contributed by atoms with van der Waals surface area (Å²) in [4.78, 5) is 2.36. The third-order valence-corrected chi connectivity index (χ3v) is 11.1.